The molecular formula is C21H24O7. The fraction of sp³-hybridized carbons (Fsp3) is 0.667. The second kappa shape index (κ2) is 5.84. The molecule has 4 aliphatic rings. The van der Waals surface area contributed by atoms with Gasteiger partial charge in [-0.05, 0) is 44.1 Å². The van der Waals surface area contributed by atoms with Gasteiger partial charge in [-0.2, -0.15) is 0 Å². The molecule has 0 spiro atoms. The third kappa shape index (κ3) is 2.07. The molecule has 0 amide bonds. The lowest BCUT2D eigenvalue weighted by atomic mass is 9.46. The molecule has 4 fully saturated rings. The molecule has 2 saturated heterocycles. The first kappa shape index (κ1) is 17.8. The van der Waals surface area contributed by atoms with E-state index < -0.39 is 29.0 Å². The van der Waals surface area contributed by atoms with Gasteiger partial charge in [0.1, 0.15) is 18.1 Å². The summed E-state index contributed by atoms with van der Waals surface area (Å²) < 4.78 is 21.7. The highest BCUT2D eigenvalue weighted by Gasteiger charge is 2.74. The maximum atomic E-state index is 13.2. The van der Waals surface area contributed by atoms with Crippen LogP contribution in [0.3, 0.4) is 0 Å². The summed E-state index contributed by atoms with van der Waals surface area (Å²) >= 11 is 0. The highest BCUT2D eigenvalue weighted by Crippen LogP contribution is 2.67. The minimum Gasteiger partial charge on any atom is -0.472 e. The minimum absolute atomic E-state index is 0.0581. The zero-order chi connectivity index (χ0) is 19.7. The monoisotopic (exact) mass is 388 g/mol. The molecule has 2 aliphatic heterocycles. The predicted octanol–water partition coefficient (Wildman–Crippen LogP) is 2.79. The van der Waals surface area contributed by atoms with Gasteiger partial charge in [0, 0.05) is 12.0 Å². The number of fused-ring (bicyclic) bond motifs is 1. The Labute approximate surface area is 162 Å². The molecule has 2 bridgehead atoms. The van der Waals surface area contributed by atoms with E-state index in [2.05, 4.69) is 0 Å². The van der Waals surface area contributed by atoms with Gasteiger partial charge in [-0.25, -0.2) is 0 Å². The van der Waals surface area contributed by atoms with Gasteiger partial charge in [0.05, 0.1) is 30.5 Å². The highest BCUT2D eigenvalue weighted by atomic mass is 16.6. The topological polar surface area (TPSA) is 92.0 Å². The van der Waals surface area contributed by atoms with Gasteiger partial charge >= 0.3 is 17.9 Å². The zero-order valence-corrected chi connectivity index (χ0v) is 16.0. The first-order chi connectivity index (χ1) is 13.4. The number of hydrogen-bond donors (Lipinski definition) is 0. The Bertz CT molecular complexity index is 830. The van der Waals surface area contributed by atoms with Gasteiger partial charge in [-0.15, -0.1) is 0 Å². The van der Waals surface area contributed by atoms with Crippen LogP contribution < -0.4 is 0 Å². The number of cyclic esters (lactones) is 1. The standard InChI is InChI=1S/C21H24O7/c1-20(18(23)25-2)6-3-4-12-13(20)8-14-16-17(22)27-15(11-5-7-26-10-11)9-21(12,16)19(24)28-14/h5,7,10,12-16H,3-4,6,8-9H2,1-2H3/t12-,13-,14+,15+,16-,20+,21-/m1/s1. The second-order valence-corrected chi connectivity index (χ2v) is 8.90. The van der Waals surface area contributed by atoms with Crippen LogP contribution in [0.5, 0.6) is 0 Å². The maximum Gasteiger partial charge on any atom is 0.314 e. The van der Waals surface area contributed by atoms with Crippen LogP contribution >= 0.6 is 0 Å². The molecule has 2 aliphatic carbocycles. The molecule has 1 aromatic rings. The Morgan fingerprint density at radius 2 is 2.07 bits per heavy atom. The molecule has 7 nitrogen and oxygen atoms in total. The molecule has 28 heavy (non-hydrogen) atoms. The molecule has 0 N–H and O–H groups in total. The van der Waals surface area contributed by atoms with Gasteiger partial charge in [-0.3, -0.25) is 14.4 Å². The van der Waals surface area contributed by atoms with Crippen LogP contribution in [0.25, 0.3) is 0 Å². The summed E-state index contributed by atoms with van der Waals surface area (Å²) in [5.74, 6) is -1.69. The summed E-state index contributed by atoms with van der Waals surface area (Å²) in [6, 6.07) is 1.76. The lowest BCUT2D eigenvalue weighted by molar-refractivity contribution is -0.196. The Balaban J connectivity index is 1.60. The van der Waals surface area contributed by atoms with Gasteiger partial charge in [0.2, 0.25) is 0 Å². The molecule has 1 aromatic heterocycles. The Morgan fingerprint density at radius 1 is 1.25 bits per heavy atom. The smallest absolute Gasteiger partial charge is 0.314 e. The van der Waals surface area contributed by atoms with Crippen LogP contribution in [0.2, 0.25) is 0 Å². The predicted molar refractivity (Wildman–Crippen MR) is 93.5 cm³/mol. The van der Waals surface area contributed by atoms with Crippen molar-refractivity contribution in [2.45, 2.75) is 51.2 Å². The Kier molecular flexibility index (Phi) is 3.71. The summed E-state index contributed by atoms with van der Waals surface area (Å²) in [4.78, 5) is 38.9. The van der Waals surface area contributed by atoms with E-state index in [9.17, 15) is 14.4 Å². The van der Waals surface area contributed by atoms with Crippen molar-refractivity contribution in [2.24, 2.45) is 28.6 Å². The number of ether oxygens (including phenoxy) is 3. The maximum absolute atomic E-state index is 13.2. The number of esters is 3. The number of carbonyl (C=O) groups is 3. The average Bonchev–Trinajstić information content (AvgIpc) is 3.28. The largest absolute Gasteiger partial charge is 0.472 e. The van der Waals surface area contributed by atoms with Crippen molar-refractivity contribution in [1.82, 2.24) is 0 Å². The Morgan fingerprint density at radius 3 is 2.79 bits per heavy atom. The van der Waals surface area contributed by atoms with Gasteiger partial charge in [0.25, 0.3) is 0 Å². The van der Waals surface area contributed by atoms with Crippen molar-refractivity contribution in [3.05, 3.63) is 24.2 Å². The van der Waals surface area contributed by atoms with Crippen molar-refractivity contribution in [2.75, 3.05) is 7.11 Å². The lowest BCUT2D eigenvalue weighted by Crippen LogP contribution is -2.60. The molecule has 0 aromatic carbocycles. The van der Waals surface area contributed by atoms with Crippen molar-refractivity contribution in [3.8, 4) is 0 Å². The average molecular weight is 388 g/mol. The van der Waals surface area contributed by atoms with Crippen LogP contribution in [0, 0.1) is 28.6 Å². The van der Waals surface area contributed by atoms with E-state index in [1.165, 1.54) is 13.4 Å². The summed E-state index contributed by atoms with van der Waals surface area (Å²) in [5.41, 5.74) is -0.874. The summed E-state index contributed by atoms with van der Waals surface area (Å²) in [7, 11) is 1.41. The highest BCUT2D eigenvalue weighted by molar-refractivity contribution is 5.91. The number of furan rings is 1. The number of carbonyl (C=O) groups excluding carboxylic acids is 3. The summed E-state index contributed by atoms with van der Waals surface area (Å²) in [6.45, 7) is 1.94. The Hall–Kier alpha value is -2.31. The summed E-state index contributed by atoms with van der Waals surface area (Å²) in [6.07, 6.45) is 5.20. The molecule has 7 heteroatoms. The summed E-state index contributed by atoms with van der Waals surface area (Å²) in [5, 5.41) is 0. The lowest BCUT2D eigenvalue weighted by Gasteiger charge is -2.55. The number of rotatable bonds is 2. The van der Waals surface area contributed by atoms with Gasteiger partial charge < -0.3 is 18.6 Å². The molecule has 5 rings (SSSR count). The van der Waals surface area contributed by atoms with Crippen molar-refractivity contribution in [3.63, 3.8) is 0 Å². The minimum atomic E-state index is -0.944. The van der Waals surface area contributed by atoms with Crippen molar-refractivity contribution in [1.29, 1.82) is 0 Å². The zero-order valence-electron chi connectivity index (χ0n) is 16.0. The van der Waals surface area contributed by atoms with E-state index in [1.54, 1.807) is 12.3 Å². The van der Waals surface area contributed by atoms with E-state index in [0.717, 1.165) is 24.8 Å². The number of methoxy groups -OCH3 is 1. The molecule has 0 unspecified atom stereocenters. The van der Waals surface area contributed by atoms with Crippen LogP contribution in [0.4, 0.5) is 0 Å². The van der Waals surface area contributed by atoms with E-state index in [4.69, 9.17) is 18.6 Å². The third-order valence-electron chi connectivity index (χ3n) is 7.83. The molecule has 0 radical (unpaired) electrons. The van der Waals surface area contributed by atoms with E-state index >= 15 is 0 Å². The molecule has 2 saturated carbocycles. The van der Waals surface area contributed by atoms with Crippen LogP contribution in [-0.4, -0.2) is 31.1 Å². The van der Waals surface area contributed by atoms with Gasteiger partial charge in [-0.1, -0.05) is 6.42 Å². The molecular weight excluding hydrogens is 364 g/mol. The van der Waals surface area contributed by atoms with E-state index in [1.807, 2.05) is 6.92 Å². The van der Waals surface area contributed by atoms with Crippen LogP contribution in [-0.2, 0) is 28.6 Å². The fourth-order valence-electron chi connectivity index (χ4n) is 6.57. The second-order valence-electron chi connectivity index (χ2n) is 8.90. The van der Waals surface area contributed by atoms with Gasteiger partial charge in [0.15, 0.2) is 0 Å². The normalized spacial score (nSPS) is 44.1. The number of hydrogen-bond acceptors (Lipinski definition) is 7. The van der Waals surface area contributed by atoms with Crippen LogP contribution in [0.15, 0.2) is 23.0 Å². The first-order valence-corrected chi connectivity index (χ1v) is 9.94. The molecule has 150 valence electrons. The van der Waals surface area contributed by atoms with Crippen LogP contribution in [0.1, 0.15) is 50.7 Å². The quantitative estimate of drug-likeness (QED) is 0.568. The fourth-order valence-corrected chi connectivity index (χ4v) is 6.57. The first-order valence-electron chi connectivity index (χ1n) is 9.94. The van der Waals surface area contributed by atoms with E-state index in [-0.39, 0.29) is 29.7 Å². The van der Waals surface area contributed by atoms with E-state index in [0.29, 0.717) is 12.8 Å². The molecule has 3 heterocycles. The third-order valence-corrected chi connectivity index (χ3v) is 7.83. The van der Waals surface area contributed by atoms with Crippen molar-refractivity contribution >= 4 is 17.9 Å². The van der Waals surface area contributed by atoms with Crippen molar-refractivity contribution < 1.29 is 33.0 Å². The SMILES string of the molecule is COC(=O)[C@@]1(C)CCC[C@@H]2[C@H]1C[C@@H]1OC(=O)[C@]23C[C@@H](c2ccoc2)OC(=O)[C@@H]13. The molecule has 7 atom stereocenters.